The SMILES string of the molecule is Cc1cccc(CNc2cc(Br)ccc2C(=O)O)n1. The zero-order chi connectivity index (χ0) is 13.8. The van der Waals surface area contributed by atoms with Crippen LogP contribution in [0.25, 0.3) is 0 Å². The molecule has 2 rings (SSSR count). The number of nitrogens with one attached hydrogen (secondary N) is 1. The number of benzene rings is 1. The fourth-order valence-corrected chi connectivity index (χ4v) is 2.09. The molecular weight excluding hydrogens is 308 g/mol. The summed E-state index contributed by atoms with van der Waals surface area (Å²) in [6, 6.07) is 10.8. The lowest BCUT2D eigenvalue weighted by Gasteiger charge is -2.10. The molecule has 0 saturated heterocycles. The third-order valence-electron chi connectivity index (χ3n) is 2.62. The molecule has 0 radical (unpaired) electrons. The number of hydrogen-bond donors (Lipinski definition) is 2. The minimum absolute atomic E-state index is 0.246. The van der Waals surface area contributed by atoms with Crippen molar-refractivity contribution in [2.75, 3.05) is 5.32 Å². The van der Waals surface area contributed by atoms with Gasteiger partial charge in [0.2, 0.25) is 0 Å². The van der Waals surface area contributed by atoms with Crippen LogP contribution < -0.4 is 5.32 Å². The van der Waals surface area contributed by atoms with Crippen LogP contribution in [0.2, 0.25) is 0 Å². The summed E-state index contributed by atoms with van der Waals surface area (Å²) in [6.07, 6.45) is 0. The van der Waals surface area contributed by atoms with E-state index >= 15 is 0 Å². The van der Waals surface area contributed by atoms with Crippen molar-refractivity contribution in [3.8, 4) is 0 Å². The fourth-order valence-electron chi connectivity index (χ4n) is 1.73. The number of anilines is 1. The highest BCUT2D eigenvalue weighted by Crippen LogP contribution is 2.22. The molecule has 2 aromatic rings. The second kappa shape index (κ2) is 5.84. The summed E-state index contributed by atoms with van der Waals surface area (Å²) in [5, 5.41) is 12.2. The number of aryl methyl sites for hydroxylation is 1. The molecule has 0 fully saturated rings. The molecule has 2 N–H and O–H groups in total. The van der Waals surface area contributed by atoms with Crippen molar-refractivity contribution >= 4 is 27.6 Å². The van der Waals surface area contributed by atoms with Gasteiger partial charge in [-0.15, -0.1) is 0 Å². The van der Waals surface area contributed by atoms with Gasteiger partial charge in [0.05, 0.1) is 23.5 Å². The molecule has 0 amide bonds. The van der Waals surface area contributed by atoms with Crippen molar-refractivity contribution < 1.29 is 9.90 Å². The first-order chi connectivity index (χ1) is 9.06. The number of halogens is 1. The van der Waals surface area contributed by atoms with E-state index in [-0.39, 0.29) is 5.56 Å². The van der Waals surface area contributed by atoms with Crippen LogP contribution in [-0.2, 0) is 6.54 Å². The van der Waals surface area contributed by atoms with Crippen LogP contribution in [0, 0.1) is 6.92 Å². The van der Waals surface area contributed by atoms with Gasteiger partial charge in [0.15, 0.2) is 0 Å². The van der Waals surface area contributed by atoms with Gasteiger partial charge in [0, 0.05) is 10.2 Å². The second-order valence-electron chi connectivity index (χ2n) is 4.12. The monoisotopic (exact) mass is 320 g/mol. The number of carbonyl (C=O) groups is 1. The Morgan fingerprint density at radius 3 is 2.84 bits per heavy atom. The zero-order valence-corrected chi connectivity index (χ0v) is 11.9. The van der Waals surface area contributed by atoms with Gasteiger partial charge in [-0.1, -0.05) is 22.0 Å². The van der Waals surface area contributed by atoms with Crippen molar-refractivity contribution in [1.82, 2.24) is 4.98 Å². The van der Waals surface area contributed by atoms with Gasteiger partial charge in [-0.3, -0.25) is 4.98 Å². The summed E-state index contributed by atoms with van der Waals surface area (Å²) >= 11 is 3.33. The Morgan fingerprint density at radius 1 is 1.37 bits per heavy atom. The molecule has 1 heterocycles. The summed E-state index contributed by atoms with van der Waals surface area (Å²) < 4.78 is 0.831. The number of carboxylic acid groups (broad SMARTS) is 1. The minimum Gasteiger partial charge on any atom is -0.478 e. The average Bonchev–Trinajstić information content (AvgIpc) is 2.36. The predicted molar refractivity (Wildman–Crippen MR) is 77.4 cm³/mol. The van der Waals surface area contributed by atoms with E-state index in [1.165, 1.54) is 0 Å². The molecular formula is C14H13BrN2O2. The predicted octanol–water partition coefficient (Wildman–Crippen LogP) is 3.46. The lowest BCUT2D eigenvalue weighted by molar-refractivity contribution is 0.0698. The number of aromatic nitrogens is 1. The molecule has 0 spiro atoms. The average molecular weight is 321 g/mol. The summed E-state index contributed by atoms with van der Waals surface area (Å²) in [6.45, 7) is 2.41. The Hall–Kier alpha value is -1.88. The Kier molecular flexibility index (Phi) is 4.16. The molecule has 0 saturated carbocycles. The Morgan fingerprint density at radius 2 is 2.16 bits per heavy atom. The lowest BCUT2D eigenvalue weighted by atomic mass is 10.2. The van der Waals surface area contributed by atoms with Gasteiger partial charge in [0.25, 0.3) is 0 Å². The number of nitrogens with zero attached hydrogens (tertiary/aromatic N) is 1. The van der Waals surface area contributed by atoms with E-state index in [0.29, 0.717) is 12.2 Å². The molecule has 0 unspecified atom stereocenters. The van der Waals surface area contributed by atoms with Gasteiger partial charge in [-0.2, -0.15) is 0 Å². The summed E-state index contributed by atoms with van der Waals surface area (Å²) in [5.41, 5.74) is 2.63. The van der Waals surface area contributed by atoms with E-state index in [4.69, 9.17) is 5.11 Å². The molecule has 0 aliphatic heterocycles. The molecule has 1 aromatic heterocycles. The fraction of sp³-hybridized carbons (Fsp3) is 0.143. The lowest BCUT2D eigenvalue weighted by Crippen LogP contribution is -2.07. The van der Waals surface area contributed by atoms with Gasteiger partial charge in [0.1, 0.15) is 0 Å². The molecule has 19 heavy (non-hydrogen) atoms. The zero-order valence-electron chi connectivity index (χ0n) is 10.4. The summed E-state index contributed by atoms with van der Waals surface area (Å²) in [5.74, 6) is -0.952. The number of carboxylic acids is 1. The van der Waals surface area contributed by atoms with E-state index in [1.807, 2.05) is 25.1 Å². The molecule has 0 atom stereocenters. The van der Waals surface area contributed by atoms with Crippen molar-refractivity contribution in [3.05, 3.63) is 57.8 Å². The molecule has 1 aromatic carbocycles. The highest BCUT2D eigenvalue weighted by molar-refractivity contribution is 9.10. The Balaban J connectivity index is 2.19. The minimum atomic E-state index is -0.952. The smallest absolute Gasteiger partial charge is 0.337 e. The summed E-state index contributed by atoms with van der Waals surface area (Å²) in [4.78, 5) is 15.5. The third kappa shape index (κ3) is 3.54. The highest BCUT2D eigenvalue weighted by atomic mass is 79.9. The molecule has 0 aliphatic rings. The van der Waals surface area contributed by atoms with Gasteiger partial charge in [-0.05, 0) is 37.3 Å². The van der Waals surface area contributed by atoms with Gasteiger partial charge >= 0.3 is 5.97 Å². The maximum absolute atomic E-state index is 11.1. The van der Waals surface area contributed by atoms with Crippen LogP contribution in [0.4, 0.5) is 5.69 Å². The van der Waals surface area contributed by atoms with Crippen LogP contribution >= 0.6 is 15.9 Å². The maximum Gasteiger partial charge on any atom is 0.337 e. The van der Waals surface area contributed by atoms with E-state index in [0.717, 1.165) is 15.9 Å². The number of rotatable bonds is 4. The van der Waals surface area contributed by atoms with E-state index in [2.05, 4.69) is 26.2 Å². The molecule has 0 aliphatic carbocycles. The van der Waals surface area contributed by atoms with Crippen molar-refractivity contribution in [2.45, 2.75) is 13.5 Å². The van der Waals surface area contributed by atoms with Gasteiger partial charge < -0.3 is 10.4 Å². The Labute approximate surface area is 119 Å². The largest absolute Gasteiger partial charge is 0.478 e. The third-order valence-corrected chi connectivity index (χ3v) is 3.11. The highest BCUT2D eigenvalue weighted by Gasteiger charge is 2.10. The topological polar surface area (TPSA) is 62.2 Å². The van der Waals surface area contributed by atoms with Crippen molar-refractivity contribution in [3.63, 3.8) is 0 Å². The van der Waals surface area contributed by atoms with Crippen LogP contribution in [0.15, 0.2) is 40.9 Å². The van der Waals surface area contributed by atoms with Crippen LogP contribution in [0.1, 0.15) is 21.7 Å². The van der Waals surface area contributed by atoms with Crippen LogP contribution in [-0.4, -0.2) is 16.1 Å². The van der Waals surface area contributed by atoms with Gasteiger partial charge in [-0.25, -0.2) is 4.79 Å². The number of pyridine rings is 1. The summed E-state index contributed by atoms with van der Waals surface area (Å²) in [7, 11) is 0. The molecule has 5 heteroatoms. The van der Waals surface area contributed by atoms with Crippen molar-refractivity contribution in [1.29, 1.82) is 0 Å². The molecule has 4 nitrogen and oxygen atoms in total. The van der Waals surface area contributed by atoms with Crippen LogP contribution in [0.3, 0.4) is 0 Å². The van der Waals surface area contributed by atoms with Crippen molar-refractivity contribution in [2.24, 2.45) is 0 Å². The quantitative estimate of drug-likeness (QED) is 0.905. The van der Waals surface area contributed by atoms with Crippen LogP contribution in [0.5, 0.6) is 0 Å². The standard InChI is InChI=1S/C14H13BrN2O2/c1-9-3-2-4-11(17-9)8-16-13-7-10(15)5-6-12(13)14(18)19/h2-7,16H,8H2,1H3,(H,18,19). The maximum atomic E-state index is 11.1. The first-order valence-corrected chi connectivity index (χ1v) is 6.55. The number of hydrogen-bond acceptors (Lipinski definition) is 3. The molecule has 0 bridgehead atoms. The van der Waals surface area contributed by atoms with E-state index < -0.39 is 5.97 Å². The molecule has 98 valence electrons. The second-order valence-corrected chi connectivity index (χ2v) is 5.03. The number of aromatic carboxylic acids is 1. The van der Waals surface area contributed by atoms with E-state index in [9.17, 15) is 4.79 Å². The Bertz CT molecular complexity index is 614. The van der Waals surface area contributed by atoms with E-state index in [1.54, 1.807) is 18.2 Å². The first-order valence-electron chi connectivity index (χ1n) is 5.75. The first kappa shape index (κ1) is 13.5. The normalized spacial score (nSPS) is 10.2.